The van der Waals surface area contributed by atoms with E-state index in [0.717, 1.165) is 12.8 Å². The Labute approximate surface area is 154 Å². The maximum atomic E-state index is 12.7. The van der Waals surface area contributed by atoms with Gasteiger partial charge in [0.2, 0.25) is 5.91 Å². The summed E-state index contributed by atoms with van der Waals surface area (Å²) in [5.74, 6) is -0.675. The second kappa shape index (κ2) is 7.32. The van der Waals surface area contributed by atoms with Crippen LogP contribution in [0.3, 0.4) is 0 Å². The lowest BCUT2D eigenvalue weighted by molar-refractivity contribution is -0.277. The Kier molecular flexibility index (Phi) is 5.29. The maximum absolute atomic E-state index is 12.7. The molecule has 3 rings (SSSR count). The van der Waals surface area contributed by atoms with Crippen molar-refractivity contribution in [2.75, 3.05) is 26.3 Å². The van der Waals surface area contributed by atoms with Gasteiger partial charge in [0.05, 0.1) is 18.6 Å². The minimum Gasteiger partial charge on any atom is -0.353 e. The van der Waals surface area contributed by atoms with Crippen molar-refractivity contribution in [2.24, 2.45) is 5.41 Å². The minimum atomic E-state index is -0.681. The molecule has 0 aliphatic carbocycles. The van der Waals surface area contributed by atoms with Crippen LogP contribution in [0.15, 0.2) is 24.5 Å². The molecule has 2 fully saturated rings. The summed E-state index contributed by atoms with van der Waals surface area (Å²) in [6.45, 7) is 7.49. The topological polar surface area (TPSA) is 80.8 Å². The number of rotatable bonds is 3. The number of carbonyl (C=O) groups is 2. The Hall–Kier alpha value is -1.99. The van der Waals surface area contributed by atoms with E-state index in [1.807, 2.05) is 25.7 Å². The minimum absolute atomic E-state index is 0.0143. The molecule has 2 aliphatic rings. The van der Waals surface area contributed by atoms with Crippen LogP contribution in [0.4, 0.5) is 0 Å². The number of nitrogens with one attached hydrogen (secondary N) is 1. The van der Waals surface area contributed by atoms with Gasteiger partial charge in [0, 0.05) is 37.1 Å². The molecule has 26 heavy (non-hydrogen) atoms. The van der Waals surface area contributed by atoms with Crippen molar-refractivity contribution in [1.82, 2.24) is 15.2 Å². The van der Waals surface area contributed by atoms with Gasteiger partial charge in [0.25, 0.3) is 5.91 Å². The lowest BCUT2D eigenvalue weighted by atomic mass is 9.89. The highest BCUT2D eigenvalue weighted by atomic mass is 16.7. The molecular weight excluding hydrogens is 334 g/mol. The summed E-state index contributed by atoms with van der Waals surface area (Å²) in [6.07, 6.45) is 4.73. The number of hydrogen-bond acceptors (Lipinski definition) is 5. The normalized spacial score (nSPS) is 22.7. The summed E-state index contributed by atoms with van der Waals surface area (Å²) >= 11 is 0. The molecule has 3 heterocycles. The fourth-order valence-corrected chi connectivity index (χ4v) is 3.14. The summed E-state index contributed by atoms with van der Waals surface area (Å²) < 4.78 is 11.3. The van der Waals surface area contributed by atoms with Gasteiger partial charge in [0.1, 0.15) is 0 Å². The summed E-state index contributed by atoms with van der Waals surface area (Å²) in [6, 6.07) is 3.51. The van der Waals surface area contributed by atoms with Crippen molar-refractivity contribution >= 4 is 11.8 Å². The molecule has 2 aliphatic heterocycles. The van der Waals surface area contributed by atoms with Crippen molar-refractivity contribution in [3.8, 4) is 0 Å². The fraction of sp³-hybridized carbons (Fsp3) is 0.632. The molecule has 7 heteroatoms. The van der Waals surface area contributed by atoms with Crippen LogP contribution >= 0.6 is 0 Å². The first-order valence-corrected chi connectivity index (χ1v) is 9.07. The van der Waals surface area contributed by atoms with Crippen LogP contribution in [0.5, 0.6) is 0 Å². The first kappa shape index (κ1) is 18.8. The molecule has 0 saturated carbocycles. The Morgan fingerprint density at radius 1 is 1.12 bits per heavy atom. The molecule has 1 aromatic heterocycles. The van der Waals surface area contributed by atoms with Gasteiger partial charge in [-0.1, -0.05) is 0 Å². The molecular formula is C19H27N3O4. The van der Waals surface area contributed by atoms with Gasteiger partial charge in [0.15, 0.2) is 5.79 Å². The average Bonchev–Trinajstić information content (AvgIpc) is 2.65. The number of pyridine rings is 1. The van der Waals surface area contributed by atoms with Crippen LogP contribution in [0.2, 0.25) is 0 Å². The lowest BCUT2D eigenvalue weighted by Crippen LogP contribution is -2.56. The standard InChI is InChI=1S/C19H27N3O4/c1-18(2)25-12-19(3,13-26-18)17(24)21-15-6-10-22(11-7-15)16(23)14-4-8-20-9-5-14/h4-5,8-9,15H,6-7,10-13H2,1-3H3,(H,21,24). The van der Waals surface area contributed by atoms with Gasteiger partial charge >= 0.3 is 0 Å². The number of nitrogens with zero attached hydrogens (tertiary/aromatic N) is 2. The number of piperidine rings is 1. The fourth-order valence-electron chi connectivity index (χ4n) is 3.14. The molecule has 7 nitrogen and oxygen atoms in total. The second-order valence-electron chi connectivity index (χ2n) is 7.81. The quantitative estimate of drug-likeness (QED) is 0.884. The molecule has 0 atom stereocenters. The molecule has 1 aromatic rings. The smallest absolute Gasteiger partial charge is 0.253 e. The van der Waals surface area contributed by atoms with Gasteiger partial charge in [-0.25, -0.2) is 0 Å². The van der Waals surface area contributed by atoms with Gasteiger partial charge in [-0.15, -0.1) is 0 Å². The summed E-state index contributed by atoms with van der Waals surface area (Å²) in [4.78, 5) is 30.9. The maximum Gasteiger partial charge on any atom is 0.253 e. The van der Waals surface area contributed by atoms with Gasteiger partial charge < -0.3 is 19.7 Å². The second-order valence-corrected chi connectivity index (χ2v) is 7.81. The van der Waals surface area contributed by atoms with Crippen molar-refractivity contribution in [3.63, 3.8) is 0 Å². The number of amides is 2. The first-order chi connectivity index (χ1) is 12.3. The SMILES string of the molecule is CC1(C)OCC(C)(C(=O)NC2CCN(C(=O)c3ccncc3)CC2)CO1. The third-order valence-electron chi connectivity index (χ3n) is 5.07. The average molecular weight is 361 g/mol. The van der Waals surface area contributed by atoms with Gasteiger partial charge in [-0.05, 0) is 45.7 Å². The van der Waals surface area contributed by atoms with Crippen molar-refractivity contribution in [3.05, 3.63) is 30.1 Å². The van der Waals surface area contributed by atoms with Crippen molar-refractivity contribution < 1.29 is 19.1 Å². The number of ether oxygens (including phenoxy) is 2. The van der Waals surface area contributed by atoms with E-state index in [4.69, 9.17) is 9.47 Å². The summed E-state index contributed by atoms with van der Waals surface area (Å²) in [5, 5.41) is 3.11. The molecule has 0 bridgehead atoms. The van der Waals surface area contributed by atoms with Gasteiger partial charge in [-0.2, -0.15) is 0 Å². The van der Waals surface area contributed by atoms with E-state index in [0.29, 0.717) is 31.9 Å². The molecule has 0 spiro atoms. The monoisotopic (exact) mass is 361 g/mol. The molecule has 142 valence electrons. The van der Waals surface area contributed by atoms with Crippen LogP contribution in [-0.2, 0) is 14.3 Å². The Bertz CT molecular complexity index is 644. The molecule has 0 radical (unpaired) electrons. The molecule has 2 amide bonds. The van der Waals surface area contributed by atoms with Crippen LogP contribution in [0.1, 0.15) is 44.0 Å². The summed E-state index contributed by atoms with van der Waals surface area (Å²) in [7, 11) is 0. The Morgan fingerprint density at radius 3 is 2.27 bits per heavy atom. The number of carbonyl (C=O) groups excluding carboxylic acids is 2. The van der Waals surface area contributed by atoms with Crippen LogP contribution < -0.4 is 5.32 Å². The molecule has 0 aromatic carbocycles. The Morgan fingerprint density at radius 2 is 1.69 bits per heavy atom. The highest BCUT2D eigenvalue weighted by Gasteiger charge is 2.42. The van der Waals surface area contributed by atoms with Crippen molar-refractivity contribution in [2.45, 2.75) is 45.4 Å². The van der Waals surface area contributed by atoms with Crippen LogP contribution in [0.25, 0.3) is 0 Å². The van der Waals surface area contributed by atoms with E-state index in [9.17, 15) is 9.59 Å². The van der Waals surface area contributed by atoms with E-state index in [1.165, 1.54) is 0 Å². The zero-order chi connectivity index (χ0) is 18.8. The lowest BCUT2D eigenvalue weighted by Gasteiger charge is -2.41. The predicted molar refractivity (Wildman–Crippen MR) is 95.4 cm³/mol. The van der Waals surface area contributed by atoms with E-state index in [2.05, 4.69) is 10.3 Å². The van der Waals surface area contributed by atoms with Gasteiger partial charge in [-0.3, -0.25) is 14.6 Å². The third kappa shape index (κ3) is 4.22. The first-order valence-electron chi connectivity index (χ1n) is 9.07. The summed E-state index contributed by atoms with van der Waals surface area (Å²) in [5.41, 5.74) is -0.0337. The zero-order valence-corrected chi connectivity index (χ0v) is 15.7. The van der Waals surface area contributed by atoms with E-state index >= 15 is 0 Å². The molecule has 2 saturated heterocycles. The molecule has 0 unspecified atom stereocenters. The van der Waals surface area contributed by atoms with E-state index in [1.54, 1.807) is 24.5 Å². The number of aromatic nitrogens is 1. The van der Waals surface area contributed by atoms with Crippen LogP contribution in [-0.4, -0.2) is 59.8 Å². The van der Waals surface area contributed by atoms with E-state index in [-0.39, 0.29) is 17.9 Å². The highest BCUT2D eigenvalue weighted by Crippen LogP contribution is 2.30. The Balaban J connectivity index is 1.49. The van der Waals surface area contributed by atoms with Crippen LogP contribution in [0, 0.1) is 5.41 Å². The van der Waals surface area contributed by atoms with E-state index < -0.39 is 11.2 Å². The number of hydrogen-bond donors (Lipinski definition) is 1. The zero-order valence-electron chi connectivity index (χ0n) is 15.7. The number of likely N-dealkylation sites (tertiary alicyclic amines) is 1. The highest BCUT2D eigenvalue weighted by molar-refractivity contribution is 5.94. The molecule has 1 N–H and O–H groups in total. The van der Waals surface area contributed by atoms with Crippen molar-refractivity contribution in [1.29, 1.82) is 0 Å². The third-order valence-corrected chi connectivity index (χ3v) is 5.07. The predicted octanol–water partition coefficient (Wildman–Crippen LogP) is 1.59. The largest absolute Gasteiger partial charge is 0.353 e.